The smallest absolute Gasteiger partial charge is 0.389 e. The van der Waals surface area contributed by atoms with Crippen LogP contribution in [0.25, 0.3) is 22.7 Å². The van der Waals surface area contributed by atoms with Crippen molar-refractivity contribution in [2.24, 2.45) is 11.5 Å². The van der Waals surface area contributed by atoms with Crippen LogP contribution in [0.1, 0.15) is 29.5 Å². The van der Waals surface area contributed by atoms with Gasteiger partial charge in [-0.25, -0.2) is 13.8 Å². The van der Waals surface area contributed by atoms with Crippen LogP contribution < -0.4 is 11.5 Å². The second-order valence-corrected chi connectivity index (χ2v) is 7.15. The molecule has 0 bridgehead atoms. The summed E-state index contributed by atoms with van der Waals surface area (Å²) in [5, 5.41) is 3.73. The SMILES string of the molecule is N/C=C(/c1ccc2ncc(-c3noc(CCC(F)(F)F)n3)n2c1)C(N)c1c(F)cccc1F. The zero-order valence-corrected chi connectivity index (χ0v) is 16.9. The van der Waals surface area contributed by atoms with Crippen molar-refractivity contribution in [2.75, 3.05) is 0 Å². The number of halogens is 5. The molecule has 0 saturated carbocycles. The maximum absolute atomic E-state index is 14.2. The topological polar surface area (TPSA) is 108 Å². The average Bonchev–Trinajstić information content (AvgIpc) is 3.38. The summed E-state index contributed by atoms with van der Waals surface area (Å²) in [5.41, 5.74) is 13.0. The van der Waals surface area contributed by atoms with Crippen LogP contribution in [0.3, 0.4) is 0 Å². The van der Waals surface area contributed by atoms with E-state index in [4.69, 9.17) is 16.0 Å². The highest BCUT2D eigenvalue weighted by atomic mass is 19.4. The quantitative estimate of drug-likeness (QED) is 0.415. The molecule has 0 radical (unpaired) electrons. The summed E-state index contributed by atoms with van der Waals surface area (Å²) in [4.78, 5) is 8.21. The average molecular weight is 464 g/mol. The summed E-state index contributed by atoms with van der Waals surface area (Å²) >= 11 is 0. The molecule has 0 saturated heterocycles. The number of aromatic nitrogens is 4. The van der Waals surface area contributed by atoms with Gasteiger partial charge in [0.05, 0.1) is 18.7 Å². The number of benzene rings is 1. The van der Waals surface area contributed by atoms with Crippen LogP contribution in [-0.4, -0.2) is 25.7 Å². The Hall–Kier alpha value is -3.80. The molecule has 4 rings (SSSR count). The van der Waals surface area contributed by atoms with E-state index in [0.29, 0.717) is 16.9 Å². The maximum atomic E-state index is 14.2. The Bertz CT molecular complexity index is 1310. The van der Waals surface area contributed by atoms with Crippen molar-refractivity contribution in [1.29, 1.82) is 0 Å². The molecule has 0 aliphatic rings. The fourth-order valence-corrected chi connectivity index (χ4v) is 3.37. The monoisotopic (exact) mass is 464 g/mol. The molecule has 12 heteroatoms. The fourth-order valence-electron chi connectivity index (χ4n) is 3.37. The molecule has 7 nitrogen and oxygen atoms in total. The molecule has 0 aliphatic heterocycles. The molecular weight excluding hydrogens is 447 g/mol. The molecule has 3 aromatic heterocycles. The third-order valence-electron chi connectivity index (χ3n) is 4.98. The molecule has 0 spiro atoms. The van der Waals surface area contributed by atoms with Gasteiger partial charge in [-0.15, -0.1) is 0 Å². The molecule has 4 N–H and O–H groups in total. The lowest BCUT2D eigenvalue weighted by molar-refractivity contribution is -0.134. The van der Waals surface area contributed by atoms with Gasteiger partial charge in [-0.2, -0.15) is 18.2 Å². The maximum Gasteiger partial charge on any atom is 0.389 e. The third kappa shape index (κ3) is 4.55. The second kappa shape index (κ2) is 8.62. The largest absolute Gasteiger partial charge is 0.404 e. The van der Waals surface area contributed by atoms with Gasteiger partial charge in [-0.1, -0.05) is 11.2 Å². The highest BCUT2D eigenvalue weighted by Gasteiger charge is 2.28. The van der Waals surface area contributed by atoms with Crippen LogP contribution in [0, 0.1) is 11.6 Å². The van der Waals surface area contributed by atoms with Gasteiger partial charge in [0, 0.05) is 18.2 Å². The van der Waals surface area contributed by atoms with E-state index in [0.717, 1.165) is 18.3 Å². The summed E-state index contributed by atoms with van der Waals surface area (Å²) in [5.74, 6) is -1.78. The normalized spacial score (nSPS) is 13.6. The third-order valence-corrected chi connectivity index (χ3v) is 4.98. The van der Waals surface area contributed by atoms with Crippen LogP contribution in [-0.2, 0) is 6.42 Å². The zero-order valence-electron chi connectivity index (χ0n) is 16.9. The molecule has 1 unspecified atom stereocenters. The molecule has 0 aliphatic carbocycles. The van der Waals surface area contributed by atoms with Gasteiger partial charge >= 0.3 is 6.18 Å². The van der Waals surface area contributed by atoms with Crippen molar-refractivity contribution in [3.05, 3.63) is 77.6 Å². The Morgan fingerprint density at radius 2 is 1.88 bits per heavy atom. The Kier molecular flexibility index (Phi) is 5.85. The van der Waals surface area contributed by atoms with Crippen molar-refractivity contribution in [3.63, 3.8) is 0 Å². The van der Waals surface area contributed by atoms with Gasteiger partial charge < -0.3 is 16.0 Å². The van der Waals surface area contributed by atoms with E-state index >= 15 is 0 Å². The summed E-state index contributed by atoms with van der Waals surface area (Å²) in [6.07, 6.45) is -1.78. The van der Waals surface area contributed by atoms with E-state index in [9.17, 15) is 22.0 Å². The first-order chi connectivity index (χ1) is 15.7. The number of hydrogen-bond donors (Lipinski definition) is 2. The number of aryl methyl sites for hydroxylation is 1. The molecule has 172 valence electrons. The van der Waals surface area contributed by atoms with E-state index in [1.807, 2.05) is 0 Å². The number of nitrogens with zero attached hydrogens (tertiary/aromatic N) is 4. The highest BCUT2D eigenvalue weighted by molar-refractivity contribution is 5.72. The molecule has 3 heterocycles. The number of alkyl halides is 3. The van der Waals surface area contributed by atoms with Crippen molar-refractivity contribution in [3.8, 4) is 11.5 Å². The molecule has 0 fully saturated rings. The van der Waals surface area contributed by atoms with E-state index in [2.05, 4.69) is 15.1 Å². The number of nitrogens with two attached hydrogens (primary N) is 2. The van der Waals surface area contributed by atoms with Crippen LogP contribution >= 0.6 is 0 Å². The van der Waals surface area contributed by atoms with Gasteiger partial charge in [-0.3, -0.25) is 4.40 Å². The number of rotatable bonds is 6. The number of imidazole rings is 1. The van der Waals surface area contributed by atoms with Gasteiger partial charge in [0.25, 0.3) is 0 Å². The number of hydrogen-bond acceptors (Lipinski definition) is 6. The first-order valence-corrected chi connectivity index (χ1v) is 9.66. The predicted octanol–water partition coefficient (Wildman–Crippen LogP) is 4.16. The van der Waals surface area contributed by atoms with E-state index in [-0.39, 0.29) is 22.9 Å². The van der Waals surface area contributed by atoms with Crippen molar-refractivity contribution in [2.45, 2.75) is 25.1 Å². The van der Waals surface area contributed by atoms with Crippen LogP contribution in [0.2, 0.25) is 0 Å². The Balaban J connectivity index is 1.69. The summed E-state index contributed by atoms with van der Waals surface area (Å²) in [6.45, 7) is 0. The lowest BCUT2D eigenvalue weighted by Gasteiger charge is -2.18. The second-order valence-electron chi connectivity index (χ2n) is 7.15. The number of pyridine rings is 1. The van der Waals surface area contributed by atoms with E-state index in [1.54, 1.807) is 22.7 Å². The van der Waals surface area contributed by atoms with Crippen LogP contribution in [0.5, 0.6) is 0 Å². The first kappa shape index (κ1) is 22.4. The Labute approximate surface area is 183 Å². The molecule has 1 atom stereocenters. The Morgan fingerprint density at radius 1 is 1.15 bits per heavy atom. The van der Waals surface area contributed by atoms with Crippen molar-refractivity contribution in [1.82, 2.24) is 19.5 Å². The minimum Gasteiger partial charge on any atom is -0.404 e. The summed E-state index contributed by atoms with van der Waals surface area (Å²) in [6, 6.07) is 5.43. The summed E-state index contributed by atoms with van der Waals surface area (Å²) in [7, 11) is 0. The molecule has 4 aromatic rings. The molecular formula is C21H17F5N6O. The van der Waals surface area contributed by atoms with Gasteiger partial charge in [0.1, 0.15) is 23.0 Å². The van der Waals surface area contributed by atoms with Gasteiger partial charge in [0.15, 0.2) is 0 Å². The molecule has 0 amide bonds. The van der Waals surface area contributed by atoms with Crippen molar-refractivity contribution < 1.29 is 26.5 Å². The van der Waals surface area contributed by atoms with Crippen LogP contribution in [0.4, 0.5) is 22.0 Å². The summed E-state index contributed by atoms with van der Waals surface area (Å²) < 4.78 is 72.3. The minimum atomic E-state index is -4.35. The highest BCUT2D eigenvalue weighted by Crippen LogP contribution is 2.31. The Morgan fingerprint density at radius 3 is 2.55 bits per heavy atom. The molecule has 1 aromatic carbocycles. The standard InChI is InChI=1S/C21H17F5N6O/c22-13-2-1-3-14(23)18(13)19(28)12(8-27)11-4-5-16-29-9-15(32(16)10-11)20-30-17(33-31-20)6-7-21(24,25)26/h1-5,8-10,19H,6-7,27-28H2/b12-8-. The predicted molar refractivity (Wildman–Crippen MR) is 108 cm³/mol. The zero-order chi connectivity index (χ0) is 23.8. The first-order valence-electron chi connectivity index (χ1n) is 9.66. The van der Waals surface area contributed by atoms with Crippen LogP contribution in [0.15, 0.2) is 53.4 Å². The van der Waals surface area contributed by atoms with Crippen molar-refractivity contribution >= 4 is 11.2 Å². The lowest BCUT2D eigenvalue weighted by atomic mass is 9.94. The van der Waals surface area contributed by atoms with E-state index in [1.165, 1.54) is 12.3 Å². The lowest BCUT2D eigenvalue weighted by Crippen LogP contribution is -2.17. The van der Waals surface area contributed by atoms with Gasteiger partial charge in [0.2, 0.25) is 11.7 Å². The fraction of sp³-hybridized carbons (Fsp3) is 0.190. The molecule has 33 heavy (non-hydrogen) atoms. The van der Waals surface area contributed by atoms with E-state index < -0.39 is 36.7 Å². The number of fused-ring (bicyclic) bond motifs is 1. The van der Waals surface area contributed by atoms with Gasteiger partial charge in [-0.05, 0) is 41.6 Å². The minimum absolute atomic E-state index is 0.0274.